The predicted molar refractivity (Wildman–Crippen MR) is 65.5 cm³/mol. The van der Waals surface area contributed by atoms with Crippen LogP contribution in [0.5, 0.6) is 5.75 Å². The van der Waals surface area contributed by atoms with Crippen molar-refractivity contribution in [3.8, 4) is 5.75 Å². The highest BCUT2D eigenvalue weighted by atomic mass is 32.2. The SMILES string of the molecule is CCOc1cccc(C(F)(F)F)c1S(=O)(=O)OO[P+](C)=O. The van der Waals surface area contributed by atoms with Crippen LogP contribution in [0.4, 0.5) is 13.2 Å². The summed E-state index contributed by atoms with van der Waals surface area (Å²) >= 11 is 0. The van der Waals surface area contributed by atoms with E-state index in [-0.39, 0.29) is 6.61 Å². The lowest BCUT2D eigenvalue weighted by molar-refractivity contribution is -0.140. The molecule has 0 saturated carbocycles. The number of ether oxygens (including phenoxy) is 1. The molecule has 0 N–H and O–H groups in total. The van der Waals surface area contributed by atoms with Crippen LogP contribution in [-0.4, -0.2) is 21.7 Å². The van der Waals surface area contributed by atoms with Crippen LogP contribution >= 0.6 is 8.03 Å². The third-order valence-corrected chi connectivity index (χ3v) is 3.61. The first-order valence-corrected chi connectivity index (χ1v) is 8.48. The number of rotatable bonds is 6. The zero-order valence-corrected chi connectivity index (χ0v) is 12.6. The molecule has 0 amide bonds. The van der Waals surface area contributed by atoms with Crippen molar-refractivity contribution in [2.45, 2.75) is 18.0 Å². The summed E-state index contributed by atoms with van der Waals surface area (Å²) in [6.45, 7) is 2.38. The highest BCUT2D eigenvalue weighted by Crippen LogP contribution is 2.40. The van der Waals surface area contributed by atoms with Gasteiger partial charge >= 0.3 is 24.3 Å². The van der Waals surface area contributed by atoms with Crippen LogP contribution in [0.25, 0.3) is 0 Å². The van der Waals surface area contributed by atoms with E-state index in [1.54, 1.807) is 0 Å². The standard InChI is InChI=1S/C10H11F3O6PS/c1-3-17-8-6-4-5-7(10(11,12)13)9(8)21(15,16)19-18-20(2)14/h4-6H,3H2,1-2H3/q+1. The first-order valence-electron chi connectivity index (χ1n) is 5.44. The monoisotopic (exact) mass is 347 g/mol. The van der Waals surface area contributed by atoms with Gasteiger partial charge in [0.25, 0.3) is 0 Å². The van der Waals surface area contributed by atoms with Gasteiger partial charge in [0.05, 0.1) is 12.2 Å². The molecule has 21 heavy (non-hydrogen) atoms. The van der Waals surface area contributed by atoms with Crippen molar-refractivity contribution >= 4 is 18.1 Å². The van der Waals surface area contributed by atoms with Crippen molar-refractivity contribution in [3.05, 3.63) is 23.8 Å². The Morgan fingerprint density at radius 1 is 1.29 bits per heavy atom. The van der Waals surface area contributed by atoms with Crippen LogP contribution in [0.3, 0.4) is 0 Å². The lowest BCUT2D eigenvalue weighted by Crippen LogP contribution is -2.16. The summed E-state index contributed by atoms with van der Waals surface area (Å²) in [4.78, 5) is -1.23. The van der Waals surface area contributed by atoms with Crippen LogP contribution in [0, 0.1) is 0 Å². The summed E-state index contributed by atoms with van der Waals surface area (Å²) in [5.74, 6) is -0.540. The molecular weight excluding hydrogens is 336 g/mol. The minimum absolute atomic E-state index is 0.0628. The maximum absolute atomic E-state index is 12.9. The van der Waals surface area contributed by atoms with Crippen molar-refractivity contribution in [2.75, 3.05) is 13.3 Å². The molecule has 1 aromatic rings. The summed E-state index contributed by atoms with van der Waals surface area (Å²) in [6, 6.07) is 2.60. The van der Waals surface area contributed by atoms with Crippen LogP contribution < -0.4 is 4.74 Å². The fourth-order valence-electron chi connectivity index (χ4n) is 1.38. The highest BCUT2D eigenvalue weighted by Gasteiger charge is 2.41. The molecule has 118 valence electrons. The van der Waals surface area contributed by atoms with Gasteiger partial charge < -0.3 is 4.74 Å². The second-order valence-electron chi connectivity index (χ2n) is 3.60. The fraction of sp³-hybridized carbons (Fsp3) is 0.400. The van der Waals surface area contributed by atoms with Crippen LogP contribution in [0.1, 0.15) is 12.5 Å². The number of benzene rings is 1. The van der Waals surface area contributed by atoms with Crippen molar-refractivity contribution in [1.29, 1.82) is 0 Å². The molecule has 0 aliphatic carbocycles. The van der Waals surface area contributed by atoms with Crippen LogP contribution in [0.15, 0.2) is 23.1 Å². The third kappa shape index (κ3) is 4.63. The molecule has 1 unspecified atom stereocenters. The number of hydrogen-bond donors (Lipinski definition) is 0. The molecule has 0 saturated heterocycles. The Morgan fingerprint density at radius 2 is 1.90 bits per heavy atom. The Labute approximate surface area is 119 Å². The molecule has 1 rings (SSSR count). The lowest BCUT2D eigenvalue weighted by Gasteiger charge is -2.15. The predicted octanol–water partition coefficient (Wildman–Crippen LogP) is 3.11. The Kier molecular flexibility index (Phi) is 5.68. The first-order chi connectivity index (χ1) is 9.59. The summed E-state index contributed by atoms with van der Waals surface area (Å²) in [6.07, 6.45) is -4.95. The Morgan fingerprint density at radius 3 is 2.38 bits per heavy atom. The fourth-order valence-corrected chi connectivity index (χ4v) is 2.94. The topological polar surface area (TPSA) is 78.9 Å². The van der Waals surface area contributed by atoms with E-state index in [0.717, 1.165) is 18.8 Å². The van der Waals surface area contributed by atoms with E-state index in [9.17, 15) is 26.2 Å². The first kappa shape index (κ1) is 17.8. The normalized spacial score (nSPS) is 13.1. The Hall–Kier alpha value is -1.22. The number of hydrogen-bond acceptors (Lipinski definition) is 6. The summed E-state index contributed by atoms with van der Waals surface area (Å²) in [5.41, 5.74) is -1.47. The van der Waals surface area contributed by atoms with E-state index in [0.29, 0.717) is 6.07 Å². The molecule has 0 heterocycles. The average molecular weight is 347 g/mol. The molecular formula is C10H11F3O6PS+. The zero-order chi connectivity index (χ0) is 16.3. The number of alkyl halides is 3. The van der Waals surface area contributed by atoms with Gasteiger partial charge in [0.1, 0.15) is 5.75 Å². The maximum Gasteiger partial charge on any atom is 0.537 e. The maximum atomic E-state index is 12.9. The van der Waals surface area contributed by atoms with Crippen molar-refractivity contribution < 1.29 is 39.9 Å². The molecule has 0 aliphatic heterocycles. The molecule has 0 bridgehead atoms. The number of halogens is 3. The van der Waals surface area contributed by atoms with Gasteiger partial charge in [-0.15, -0.1) is 0 Å². The van der Waals surface area contributed by atoms with Gasteiger partial charge in [-0.2, -0.15) is 21.6 Å². The zero-order valence-electron chi connectivity index (χ0n) is 10.9. The molecule has 6 nitrogen and oxygen atoms in total. The smallest absolute Gasteiger partial charge is 0.492 e. The van der Waals surface area contributed by atoms with E-state index in [1.165, 1.54) is 6.92 Å². The van der Waals surface area contributed by atoms with Crippen molar-refractivity contribution in [3.63, 3.8) is 0 Å². The summed E-state index contributed by atoms with van der Waals surface area (Å²) in [5, 5.41) is 0. The minimum atomic E-state index is -4.97. The van der Waals surface area contributed by atoms with E-state index in [2.05, 4.69) is 9.01 Å². The summed E-state index contributed by atoms with van der Waals surface area (Å²) < 4.78 is 85.9. The van der Waals surface area contributed by atoms with Gasteiger partial charge in [0.15, 0.2) is 11.6 Å². The van der Waals surface area contributed by atoms with Gasteiger partial charge in [-0.3, -0.25) is 0 Å². The van der Waals surface area contributed by atoms with Gasteiger partial charge in [-0.05, 0) is 23.6 Å². The molecule has 0 radical (unpaired) electrons. The van der Waals surface area contributed by atoms with E-state index < -0.39 is 40.5 Å². The molecule has 0 aliphatic rings. The molecule has 1 aromatic carbocycles. The van der Waals surface area contributed by atoms with Gasteiger partial charge in [0.2, 0.25) is 0 Å². The van der Waals surface area contributed by atoms with Gasteiger partial charge in [0, 0.05) is 4.67 Å². The van der Waals surface area contributed by atoms with Crippen molar-refractivity contribution in [2.24, 2.45) is 0 Å². The molecule has 1 atom stereocenters. The third-order valence-electron chi connectivity index (χ3n) is 2.06. The quantitative estimate of drug-likeness (QED) is 0.447. The summed E-state index contributed by atoms with van der Waals surface area (Å²) in [7, 11) is -7.46. The van der Waals surface area contributed by atoms with Crippen molar-refractivity contribution in [1.82, 2.24) is 0 Å². The molecule has 0 spiro atoms. The molecule has 11 heteroatoms. The van der Waals surface area contributed by atoms with Crippen LogP contribution in [0.2, 0.25) is 0 Å². The van der Waals surface area contributed by atoms with Crippen LogP contribution in [-0.2, 0) is 29.9 Å². The Bertz CT molecular complexity index is 628. The Balaban J connectivity index is 3.46. The minimum Gasteiger partial charge on any atom is -0.492 e. The lowest BCUT2D eigenvalue weighted by atomic mass is 10.2. The second-order valence-corrected chi connectivity index (χ2v) is 6.08. The van der Waals surface area contributed by atoms with E-state index >= 15 is 0 Å². The average Bonchev–Trinajstić information content (AvgIpc) is 2.35. The molecule has 0 aromatic heterocycles. The molecule has 0 fully saturated rings. The second kappa shape index (κ2) is 6.69. The van der Waals surface area contributed by atoms with Gasteiger partial charge in [-0.25, -0.2) is 0 Å². The van der Waals surface area contributed by atoms with E-state index in [1.807, 2.05) is 0 Å². The van der Waals surface area contributed by atoms with E-state index in [4.69, 9.17) is 4.74 Å². The highest BCUT2D eigenvalue weighted by molar-refractivity contribution is 7.87. The van der Waals surface area contributed by atoms with Gasteiger partial charge in [-0.1, -0.05) is 10.4 Å². The largest absolute Gasteiger partial charge is 0.537 e.